The minimum absolute atomic E-state index is 0.0782. The van der Waals surface area contributed by atoms with Crippen LogP contribution in [0, 0.1) is 0 Å². The molecule has 0 aliphatic rings. The fraction of sp³-hybridized carbons (Fsp3) is 0.819. The molecule has 454 valence electrons. The number of allylic oxidation sites excluding steroid dienone is 10. The zero-order valence-electron chi connectivity index (χ0n) is 52.2. The summed E-state index contributed by atoms with van der Waals surface area (Å²) in [6.07, 6.45) is 85.3. The van der Waals surface area contributed by atoms with Crippen LogP contribution in [-0.2, 0) is 28.6 Å². The molecule has 0 aliphatic carbocycles. The van der Waals surface area contributed by atoms with Crippen molar-refractivity contribution < 1.29 is 28.6 Å². The van der Waals surface area contributed by atoms with Gasteiger partial charge in [0.25, 0.3) is 0 Å². The number of esters is 3. The van der Waals surface area contributed by atoms with Gasteiger partial charge in [0.05, 0.1) is 0 Å². The van der Waals surface area contributed by atoms with E-state index in [1.165, 1.54) is 231 Å². The Labute approximate surface area is 485 Å². The Morgan fingerprint density at radius 2 is 0.500 bits per heavy atom. The maximum atomic E-state index is 12.9. The third-order valence-corrected chi connectivity index (χ3v) is 15.2. The maximum Gasteiger partial charge on any atom is 0.306 e. The number of hydrogen-bond acceptors (Lipinski definition) is 6. The topological polar surface area (TPSA) is 78.9 Å². The molecule has 1 atom stereocenters. The molecule has 0 saturated carbocycles. The van der Waals surface area contributed by atoms with Crippen molar-refractivity contribution >= 4 is 17.9 Å². The second-order valence-corrected chi connectivity index (χ2v) is 23.1. The molecule has 0 aromatic carbocycles. The van der Waals surface area contributed by atoms with Gasteiger partial charge in [0.15, 0.2) is 6.10 Å². The van der Waals surface area contributed by atoms with Gasteiger partial charge in [0, 0.05) is 19.3 Å². The summed E-state index contributed by atoms with van der Waals surface area (Å²) in [7, 11) is 0. The molecular formula is C72H130O6. The average Bonchev–Trinajstić information content (AvgIpc) is 3.44. The number of carbonyl (C=O) groups is 3. The van der Waals surface area contributed by atoms with E-state index in [-0.39, 0.29) is 31.1 Å². The van der Waals surface area contributed by atoms with Crippen molar-refractivity contribution in [2.75, 3.05) is 13.2 Å². The van der Waals surface area contributed by atoms with Crippen molar-refractivity contribution in [3.05, 3.63) is 60.8 Å². The Kier molecular flexibility index (Phi) is 64.2. The maximum absolute atomic E-state index is 12.9. The van der Waals surface area contributed by atoms with Gasteiger partial charge in [0.1, 0.15) is 13.2 Å². The Hall–Kier alpha value is -2.89. The van der Waals surface area contributed by atoms with Crippen LogP contribution in [0.1, 0.15) is 361 Å². The van der Waals surface area contributed by atoms with Gasteiger partial charge in [-0.2, -0.15) is 0 Å². The monoisotopic (exact) mass is 1090 g/mol. The first-order chi connectivity index (χ1) is 38.5. The van der Waals surface area contributed by atoms with Gasteiger partial charge in [0.2, 0.25) is 0 Å². The SMILES string of the molecule is CC/C=C\C/C=C\C/C=C\CCCCCCCCCC(=O)OC(COC(=O)CCCCCCC/C=C\CCCCCCCCC)COC(=O)CCCCCCCCCCCCCCCCC/C=C\CCCCCCCCCC. The minimum atomic E-state index is -0.783. The molecule has 0 aliphatic heterocycles. The first-order valence-corrected chi connectivity index (χ1v) is 34.3. The van der Waals surface area contributed by atoms with E-state index in [0.29, 0.717) is 19.3 Å². The third-order valence-electron chi connectivity index (χ3n) is 15.2. The number of unbranched alkanes of at least 4 members (excludes halogenated alkanes) is 42. The van der Waals surface area contributed by atoms with E-state index >= 15 is 0 Å². The smallest absolute Gasteiger partial charge is 0.306 e. The lowest BCUT2D eigenvalue weighted by molar-refractivity contribution is -0.167. The van der Waals surface area contributed by atoms with E-state index in [1.54, 1.807) is 0 Å². The second-order valence-electron chi connectivity index (χ2n) is 23.1. The van der Waals surface area contributed by atoms with Crippen molar-refractivity contribution in [1.82, 2.24) is 0 Å². The second kappa shape index (κ2) is 66.6. The zero-order valence-corrected chi connectivity index (χ0v) is 52.2. The fourth-order valence-corrected chi connectivity index (χ4v) is 10.1. The van der Waals surface area contributed by atoms with Crippen LogP contribution in [0.25, 0.3) is 0 Å². The number of carbonyl (C=O) groups excluding carboxylic acids is 3. The molecule has 0 saturated heterocycles. The zero-order chi connectivity index (χ0) is 56.4. The van der Waals surface area contributed by atoms with Gasteiger partial charge in [-0.25, -0.2) is 0 Å². The summed E-state index contributed by atoms with van der Waals surface area (Å²) in [6, 6.07) is 0. The summed E-state index contributed by atoms with van der Waals surface area (Å²) >= 11 is 0. The van der Waals surface area contributed by atoms with Gasteiger partial charge in [-0.15, -0.1) is 0 Å². The summed E-state index contributed by atoms with van der Waals surface area (Å²) in [5, 5.41) is 0. The molecule has 0 fully saturated rings. The molecule has 0 aromatic heterocycles. The Morgan fingerprint density at radius 3 is 0.795 bits per heavy atom. The molecule has 6 heteroatoms. The molecule has 0 heterocycles. The highest BCUT2D eigenvalue weighted by Crippen LogP contribution is 2.17. The van der Waals surface area contributed by atoms with Gasteiger partial charge in [-0.1, -0.05) is 300 Å². The third kappa shape index (κ3) is 63.9. The first-order valence-electron chi connectivity index (χ1n) is 34.3. The van der Waals surface area contributed by atoms with Crippen molar-refractivity contribution in [2.45, 2.75) is 367 Å². The van der Waals surface area contributed by atoms with Crippen LogP contribution < -0.4 is 0 Å². The van der Waals surface area contributed by atoms with Crippen LogP contribution >= 0.6 is 0 Å². The number of ether oxygens (including phenoxy) is 3. The highest BCUT2D eigenvalue weighted by atomic mass is 16.6. The van der Waals surface area contributed by atoms with Crippen LogP contribution in [0.2, 0.25) is 0 Å². The van der Waals surface area contributed by atoms with Gasteiger partial charge >= 0.3 is 17.9 Å². The van der Waals surface area contributed by atoms with Crippen LogP contribution in [0.4, 0.5) is 0 Å². The van der Waals surface area contributed by atoms with Crippen LogP contribution in [-0.4, -0.2) is 37.2 Å². The van der Waals surface area contributed by atoms with Gasteiger partial charge in [-0.05, 0) is 103 Å². The Morgan fingerprint density at radius 1 is 0.269 bits per heavy atom. The molecule has 0 bridgehead atoms. The Bertz CT molecular complexity index is 1390. The van der Waals surface area contributed by atoms with Crippen molar-refractivity contribution in [3.63, 3.8) is 0 Å². The van der Waals surface area contributed by atoms with E-state index in [4.69, 9.17) is 14.2 Å². The van der Waals surface area contributed by atoms with E-state index in [0.717, 1.165) is 89.9 Å². The quantitative estimate of drug-likeness (QED) is 0.0261. The lowest BCUT2D eigenvalue weighted by Gasteiger charge is -2.18. The van der Waals surface area contributed by atoms with Gasteiger partial charge in [-0.3, -0.25) is 14.4 Å². The summed E-state index contributed by atoms with van der Waals surface area (Å²) < 4.78 is 17.0. The predicted octanol–water partition coefficient (Wildman–Crippen LogP) is 23.5. The first kappa shape index (κ1) is 75.1. The number of hydrogen-bond donors (Lipinski definition) is 0. The number of rotatable bonds is 63. The molecular weight excluding hydrogens is 961 g/mol. The molecule has 1 unspecified atom stereocenters. The standard InChI is InChI=1S/C72H130O6/c1-4-7-10-13-16-19-22-25-28-31-32-33-34-35-36-37-38-39-40-42-44-47-50-53-56-59-62-65-71(74)77-68-69(67-76-70(73)64-61-58-55-52-49-46-43-30-27-24-21-18-15-12-9-6-3)78-72(75)66-63-60-57-54-51-48-45-41-29-26-23-20-17-14-11-8-5-2/h8,11,17,20,26,29-32,43,69H,4-7,9-10,12-16,18-19,21-25,27-28,33-42,44-68H2,1-3H3/b11-8-,20-17-,29-26-,32-31-,43-30-. The largest absolute Gasteiger partial charge is 0.462 e. The minimum Gasteiger partial charge on any atom is -0.462 e. The molecule has 0 aromatic rings. The summed E-state index contributed by atoms with van der Waals surface area (Å²) in [6.45, 7) is 6.57. The molecule has 78 heavy (non-hydrogen) atoms. The summed E-state index contributed by atoms with van der Waals surface area (Å²) in [4.78, 5) is 38.4. The van der Waals surface area contributed by atoms with Gasteiger partial charge < -0.3 is 14.2 Å². The van der Waals surface area contributed by atoms with E-state index in [2.05, 4.69) is 81.5 Å². The van der Waals surface area contributed by atoms with Crippen LogP contribution in [0.15, 0.2) is 60.8 Å². The van der Waals surface area contributed by atoms with E-state index < -0.39 is 6.10 Å². The van der Waals surface area contributed by atoms with E-state index in [1.807, 2.05) is 0 Å². The Balaban J connectivity index is 4.27. The highest BCUT2D eigenvalue weighted by molar-refractivity contribution is 5.71. The molecule has 0 spiro atoms. The van der Waals surface area contributed by atoms with Crippen molar-refractivity contribution in [3.8, 4) is 0 Å². The summed E-state index contributed by atoms with van der Waals surface area (Å²) in [5.74, 6) is -0.876. The predicted molar refractivity (Wildman–Crippen MR) is 339 cm³/mol. The van der Waals surface area contributed by atoms with Crippen molar-refractivity contribution in [2.24, 2.45) is 0 Å². The molecule has 0 N–H and O–H groups in total. The molecule has 6 nitrogen and oxygen atoms in total. The highest BCUT2D eigenvalue weighted by Gasteiger charge is 2.19. The fourth-order valence-electron chi connectivity index (χ4n) is 10.1. The lowest BCUT2D eigenvalue weighted by atomic mass is 10.0. The summed E-state index contributed by atoms with van der Waals surface area (Å²) in [5.41, 5.74) is 0. The van der Waals surface area contributed by atoms with Crippen molar-refractivity contribution in [1.29, 1.82) is 0 Å². The van der Waals surface area contributed by atoms with Crippen LogP contribution in [0.5, 0.6) is 0 Å². The molecule has 0 amide bonds. The molecule has 0 rings (SSSR count). The van der Waals surface area contributed by atoms with E-state index in [9.17, 15) is 14.4 Å². The average molecular weight is 1090 g/mol. The lowest BCUT2D eigenvalue weighted by Crippen LogP contribution is -2.30. The normalized spacial score (nSPS) is 12.4. The van der Waals surface area contributed by atoms with Crippen LogP contribution in [0.3, 0.4) is 0 Å². The molecule has 0 radical (unpaired) electrons.